The Labute approximate surface area is 183 Å². The molecule has 1 aromatic heterocycles. The van der Waals surface area contributed by atoms with Gasteiger partial charge >= 0.3 is 0 Å². The maximum Gasteiger partial charge on any atom is 0.248 e. The van der Waals surface area contributed by atoms with Gasteiger partial charge in [0.05, 0.1) is 10.9 Å². The van der Waals surface area contributed by atoms with Crippen LogP contribution in [-0.2, 0) is 9.59 Å². The van der Waals surface area contributed by atoms with Crippen LogP contribution in [0.4, 0.5) is 15.9 Å². The molecule has 2 aromatic rings. The molecule has 0 bridgehead atoms. The maximum absolute atomic E-state index is 13.4. The van der Waals surface area contributed by atoms with Crippen molar-refractivity contribution in [2.24, 2.45) is 5.92 Å². The summed E-state index contributed by atoms with van der Waals surface area (Å²) in [6, 6.07) is 8.92. The smallest absolute Gasteiger partial charge is 0.248 e. The van der Waals surface area contributed by atoms with E-state index in [2.05, 4.69) is 15.2 Å². The molecule has 3 heterocycles. The monoisotopic (exact) mass is 448 g/mol. The lowest BCUT2D eigenvalue weighted by Crippen LogP contribution is -2.49. The number of benzene rings is 1. The van der Waals surface area contributed by atoms with E-state index in [1.807, 2.05) is 12.1 Å². The Balaban J connectivity index is 1.35. The summed E-state index contributed by atoms with van der Waals surface area (Å²) < 4.78 is 13.4. The first-order valence-electron chi connectivity index (χ1n) is 9.82. The Kier molecular flexibility index (Phi) is 6.43. The van der Waals surface area contributed by atoms with Crippen LogP contribution in [-0.4, -0.2) is 52.5 Å². The van der Waals surface area contributed by atoms with Gasteiger partial charge in [-0.05, 0) is 43.2 Å². The third-order valence-corrected chi connectivity index (χ3v) is 6.68. The van der Waals surface area contributed by atoms with Gasteiger partial charge in [0, 0.05) is 36.6 Å². The maximum atomic E-state index is 13.4. The summed E-state index contributed by atoms with van der Waals surface area (Å²) in [5.41, 5.74) is 0.396. The first kappa shape index (κ1) is 20.9. The van der Waals surface area contributed by atoms with Crippen molar-refractivity contribution in [2.45, 2.75) is 18.9 Å². The predicted octanol–water partition coefficient (Wildman–Crippen LogP) is 3.63. The Hall–Kier alpha value is -2.32. The summed E-state index contributed by atoms with van der Waals surface area (Å²) >= 11 is 7.46. The van der Waals surface area contributed by atoms with E-state index in [0.717, 1.165) is 18.9 Å². The van der Waals surface area contributed by atoms with Crippen molar-refractivity contribution in [3.05, 3.63) is 53.4 Å². The number of halogens is 2. The Morgan fingerprint density at radius 3 is 2.70 bits per heavy atom. The summed E-state index contributed by atoms with van der Waals surface area (Å²) in [6.45, 7) is 1.46. The topological polar surface area (TPSA) is 65.5 Å². The van der Waals surface area contributed by atoms with E-state index in [1.165, 1.54) is 12.1 Å². The molecule has 6 nitrogen and oxygen atoms in total. The number of nitrogens with zero attached hydrogens (tertiary/aromatic N) is 3. The molecule has 9 heteroatoms. The summed E-state index contributed by atoms with van der Waals surface area (Å²) in [7, 11) is 0. The fraction of sp³-hybridized carbons (Fsp3) is 0.381. The molecule has 0 spiro atoms. The van der Waals surface area contributed by atoms with Gasteiger partial charge in [0.25, 0.3) is 0 Å². The summed E-state index contributed by atoms with van der Waals surface area (Å²) in [5, 5.41) is 3.33. The number of piperidine rings is 1. The number of hydrogen-bond donors (Lipinski definition) is 1. The molecule has 30 heavy (non-hydrogen) atoms. The van der Waals surface area contributed by atoms with Crippen LogP contribution in [0.5, 0.6) is 0 Å². The highest BCUT2D eigenvalue weighted by Gasteiger charge is 2.38. The normalized spacial score (nSPS) is 19.7. The molecule has 0 saturated carbocycles. The number of carbonyl (C=O) groups is 2. The Bertz CT molecular complexity index is 921. The van der Waals surface area contributed by atoms with Gasteiger partial charge < -0.3 is 15.1 Å². The number of thioether (sulfide) groups is 1. The zero-order valence-electron chi connectivity index (χ0n) is 16.3. The van der Waals surface area contributed by atoms with Crippen LogP contribution in [0.1, 0.15) is 12.8 Å². The van der Waals surface area contributed by atoms with Crippen molar-refractivity contribution in [1.29, 1.82) is 0 Å². The number of pyridine rings is 1. The van der Waals surface area contributed by atoms with E-state index in [-0.39, 0.29) is 17.7 Å². The Morgan fingerprint density at radius 1 is 1.20 bits per heavy atom. The van der Waals surface area contributed by atoms with Crippen LogP contribution in [0, 0.1) is 11.7 Å². The van der Waals surface area contributed by atoms with Gasteiger partial charge in [0.2, 0.25) is 11.8 Å². The molecule has 2 fully saturated rings. The van der Waals surface area contributed by atoms with Gasteiger partial charge in [-0.2, -0.15) is 0 Å². The van der Waals surface area contributed by atoms with Crippen molar-refractivity contribution in [1.82, 2.24) is 9.88 Å². The second kappa shape index (κ2) is 9.22. The lowest BCUT2D eigenvalue weighted by Gasteiger charge is -2.34. The van der Waals surface area contributed by atoms with Crippen LogP contribution in [0.25, 0.3) is 0 Å². The largest absolute Gasteiger partial charge is 0.357 e. The van der Waals surface area contributed by atoms with Crippen molar-refractivity contribution in [3.63, 3.8) is 0 Å². The lowest BCUT2D eigenvalue weighted by molar-refractivity contribution is -0.140. The molecule has 1 unspecified atom stereocenters. The van der Waals surface area contributed by atoms with Crippen molar-refractivity contribution < 1.29 is 14.0 Å². The molecule has 2 saturated heterocycles. The van der Waals surface area contributed by atoms with E-state index in [1.54, 1.807) is 35.0 Å². The fourth-order valence-electron chi connectivity index (χ4n) is 3.81. The SMILES string of the molecule is O=C(Nc1cccc(F)c1)C1CSCN1C(=O)C1CCN(c2ccc(Cl)cn2)CC1. The van der Waals surface area contributed by atoms with Crippen molar-refractivity contribution >= 4 is 46.7 Å². The van der Waals surface area contributed by atoms with Gasteiger partial charge in [0.15, 0.2) is 0 Å². The molecule has 2 amide bonds. The highest BCUT2D eigenvalue weighted by molar-refractivity contribution is 7.99. The van der Waals surface area contributed by atoms with E-state index >= 15 is 0 Å². The molecule has 1 N–H and O–H groups in total. The summed E-state index contributed by atoms with van der Waals surface area (Å²) in [4.78, 5) is 34.0. The quantitative estimate of drug-likeness (QED) is 0.773. The molecule has 158 valence electrons. The molecule has 1 aromatic carbocycles. The second-order valence-corrected chi connectivity index (χ2v) is 8.86. The predicted molar refractivity (Wildman–Crippen MR) is 117 cm³/mol. The highest BCUT2D eigenvalue weighted by atomic mass is 35.5. The average molecular weight is 449 g/mol. The van der Waals surface area contributed by atoms with Crippen LogP contribution in [0.15, 0.2) is 42.6 Å². The van der Waals surface area contributed by atoms with Gasteiger partial charge in [-0.1, -0.05) is 17.7 Å². The van der Waals surface area contributed by atoms with Crippen LogP contribution < -0.4 is 10.2 Å². The molecule has 0 aliphatic carbocycles. The number of rotatable bonds is 4. The van der Waals surface area contributed by atoms with Gasteiger partial charge in [0.1, 0.15) is 17.7 Å². The fourth-order valence-corrected chi connectivity index (χ4v) is 5.09. The number of nitrogens with one attached hydrogen (secondary N) is 1. The molecule has 0 radical (unpaired) electrons. The average Bonchev–Trinajstić information content (AvgIpc) is 3.24. The third kappa shape index (κ3) is 4.70. The van der Waals surface area contributed by atoms with Crippen LogP contribution in [0.3, 0.4) is 0 Å². The minimum absolute atomic E-state index is 0.0168. The summed E-state index contributed by atoms with van der Waals surface area (Å²) in [5.74, 6) is 1.11. The number of carbonyl (C=O) groups excluding carboxylic acids is 2. The van der Waals surface area contributed by atoms with Crippen LogP contribution >= 0.6 is 23.4 Å². The van der Waals surface area contributed by atoms with E-state index in [4.69, 9.17) is 11.6 Å². The zero-order chi connectivity index (χ0) is 21.1. The first-order chi connectivity index (χ1) is 14.5. The Morgan fingerprint density at radius 2 is 2.00 bits per heavy atom. The minimum atomic E-state index is -0.540. The number of hydrogen-bond acceptors (Lipinski definition) is 5. The lowest BCUT2D eigenvalue weighted by atomic mass is 9.95. The first-order valence-corrected chi connectivity index (χ1v) is 11.4. The number of amides is 2. The molecule has 2 aliphatic rings. The molecule has 1 atom stereocenters. The van der Waals surface area contributed by atoms with Crippen molar-refractivity contribution in [3.8, 4) is 0 Å². The molecule has 2 aliphatic heterocycles. The van der Waals surface area contributed by atoms with E-state index in [0.29, 0.717) is 35.2 Å². The molecular weight excluding hydrogens is 427 g/mol. The van der Waals surface area contributed by atoms with Gasteiger partial charge in [-0.15, -0.1) is 11.8 Å². The standard InChI is InChI=1S/C21H22ClFN4O2S/c22-15-4-5-19(24-11-15)26-8-6-14(7-9-26)21(29)27-13-30-12-18(27)20(28)25-17-3-1-2-16(23)10-17/h1-5,10-11,14,18H,6-9,12-13H2,(H,25,28). The van der Waals surface area contributed by atoms with Crippen LogP contribution in [0.2, 0.25) is 5.02 Å². The number of aromatic nitrogens is 1. The van der Waals surface area contributed by atoms with Gasteiger partial charge in [-0.3, -0.25) is 9.59 Å². The minimum Gasteiger partial charge on any atom is -0.357 e. The third-order valence-electron chi connectivity index (χ3n) is 5.44. The van der Waals surface area contributed by atoms with E-state index in [9.17, 15) is 14.0 Å². The summed E-state index contributed by atoms with van der Waals surface area (Å²) in [6.07, 6.45) is 3.04. The zero-order valence-corrected chi connectivity index (χ0v) is 17.8. The van der Waals surface area contributed by atoms with Crippen molar-refractivity contribution in [2.75, 3.05) is 34.9 Å². The second-order valence-electron chi connectivity index (χ2n) is 7.42. The molecule has 4 rings (SSSR count). The highest BCUT2D eigenvalue weighted by Crippen LogP contribution is 2.29. The van der Waals surface area contributed by atoms with Gasteiger partial charge in [-0.25, -0.2) is 9.37 Å². The number of anilines is 2. The molecular formula is C21H22ClFN4O2S. The van der Waals surface area contributed by atoms with E-state index < -0.39 is 11.9 Å².